The highest BCUT2D eigenvalue weighted by Gasteiger charge is 2.24. The maximum absolute atomic E-state index is 5.97. The Morgan fingerprint density at radius 1 is 0.964 bits per heavy atom. The molecular formula is C23H25BrN2OS. The molecule has 4 rings (SSSR count). The highest BCUT2D eigenvalue weighted by molar-refractivity contribution is 9.11. The molecule has 3 aromatic rings. The van der Waals surface area contributed by atoms with Gasteiger partial charge < -0.3 is 10.1 Å². The predicted molar refractivity (Wildman–Crippen MR) is 120 cm³/mol. The van der Waals surface area contributed by atoms with Gasteiger partial charge in [0.15, 0.2) is 0 Å². The molecule has 0 radical (unpaired) electrons. The smallest absolute Gasteiger partial charge is 0.119 e. The molecule has 146 valence electrons. The van der Waals surface area contributed by atoms with E-state index in [2.05, 4.69) is 74.7 Å². The number of nitrogens with zero attached hydrogens (tertiary/aromatic N) is 1. The minimum absolute atomic E-state index is 0.291. The van der Waals surface area contributed by atoms with Crippen LogP contribution in [0.5, 0.6) is 5.75 Å². The first-order valence-electron chi connectivity index (χ1n) is 9.76. The molecule has 1 saturated heterocycles. The molecule has 28 heavy (non-hydrogen) atoms. The summed E-state index contributed by atoms with van der Waals surface area (Å²) in [5.74, 6) is 0.913. The maximum atomic E-state index is 5.97. The highest BCUT2D eigenvalue weighted by atomic mass is 79.9. The van der Waals surface area contributed by atoms with Crippen molar-refractivity contribution in [2.45, 2.75) is 19.1 Å². The van der Waals surface area contributed by atoms with Crippen molar-refractivity contribution >= 4 is 27.3 Å². The minimum atomic E-state index is 0.291. The van der Waals surface area contributed by atoms with E-state index in [9.17, 15) is 0 Å². The third-order valence-electron chi connectivity index (χ3n) is 5.05. The first-order chi connectivity index (χ1) is 13.8. The van der Waals surface area contributed by atoms with Crippen molar-refractivity contribution in [3.8, 4) is 5.75 Å². The van der Waals surface area contributed by atoms with E-state index in [0.717, 1.165) is 31.9 Å². The summed E-state index contributed by atoms with van der Waals surface area (Å²) in [6.45, 7) is 4.91. The molecule has 1 aliphatic rings. The first kappa shape index (κ1) is 19.6. The third kappa shape index (κ3) is 5.03. The monoisotopic (exact) mass is 456 g/mol. The van der Waals surface area contributed by atoms with E-state index in [4.69, 9.17) is 4.74 Å². The highest BCUT2D eigenvalue weighted by Crippen LogP contribution is 2.36. The van der Waals surface area contributed by atoms with Gasteiger partial charge in [0.25, 0.3) is 0 Å². The molecule has 3 nitrogen and oxygen atoms in total. The van der Waals surface area contributed by atoms with E-state index in [1.54, 1.807) is 0 Å². The number of thiophene rings is 1. The summed E-state index contributed by atoms with van der Waals surface area (Å²) in [5.41, 5.74) is 2.51. The van der Waals surface area contributed by atoms with Gasteiger partial charge in [-0.2, -0.15) is 0 Å². The molecule has 0 aliphatic carbocycles. The lowest BCUT2D eigenvalue weighted by molar-refractivity contribution is 0.243. The molecule has 2 heterocycles. The van der Waals surface area contributed by atoms with Crippen LogP contribution in [0.1, 0.15) is 28.5 Å². The summed E-state index contributed by atoms with van der Waals surface area (Å²) >= 11 is 5.46. The fourth-order valence-electron chi connectivity index (χ4n) is 3.64. The quantitative estimate of drug-likeness (QED) is 0.531. The molecule has 0 bridgehead atoms. The topological polar surface area (TPSA) is 24.5 Å². The molecule has 1 aromatic heterocycles. The van der Waals surface area contributed by atoms with Crippen LogP contribution in [0.4, 0.5) is 0 Å². The van der Waals surface area contributed by atoms with Crippen molar-refractivity contribution in [1.29, 1.82) is 0 Å². The molecule has 1 N–H and O–H groups in total. The zero-order chi connectivity index (χ0) is 19.2. The van der Waals surface area contributed by atoms with Crippen molar-refractivity contribution < 1.29 is 4.74 Å². The summed E-state index contributed by atoms with van der Waals surface area (Å²) in [4.78, 5) is 3.98. The lowest BCUT2D eigenvalue weighted by Gasteiger charge is -2.30. The standard InChI is InChI=1S/C23H25BrN2OS/c24-22-12-11-21(28-22)23(26-15-4-13-25-14-16-26)19-7-9-20(10-8-19)27-17-18-5-2-1-3-6-18/h1-3,5-12,23,25H,4,13-17H2. The number of hydrogen-bond acceptors (Lipinski definition) is 4. The van der Waals surface area contributed by atoms with Gasteiger partial charge in [0.05, 0.1) is 9.83 Å². The number of ether oxygens (including phenoxy) is 1. The van der Waals surface area contributed by atoms with Crippen LogP contribution in [0.3, 0.4) is 0 Å². The SMILES string of the molecule is Brc1ccc(C(c2ccc(OCc3ccccc3)cc2)N2CCCNCC2)s1. The van der Waals surface area contributed by atoms with Crippen LogP contribution in [-0.2, 0) is 6.61 Å². The van der Waals surface area contributed by atoms with Crippen molar-refractivity contribution in [2.24, 2.45) is 0 Å². The van der Waals surface area contributed by atoms with Gasteiger partial charge >= 0.3 is 0 Å². The third-order valence-corrected chi connectivity index (χ3v) is 6.72. The van der Waals surface area contributed by atoms with Crippen LogP contribution in [0.2, 0.25) is 0 Å². The Kier molecular flexibility index (Phi) is 6.81. The molecule has 1 fully saturated rings. The Morgan fingerprint density at radius 3 is 2.54 bits per heavy atom. The van der Waals surface area contributed by atoms with Crippen LogP contribution < -0.4 is 10.1 Å². The Bertz CT molecular complexity index is 858. The largest absolute Gasteiger partial charge is 0.489 e. The van der Waals surface area contributed by atoms with Gasteiger partial charge in [-0.1, -0.05) is 42.5 Å². The predicted octanol–water partition coefficient (Wildman–Crippen LogP) is 5.47. The number of halogens is 1. The summed E-state index contributed by atoms with van der Waals surface area (Å²) in [6.07, 6.45) is 1.18. The molecule has 0 spiro atoms. The van der Waals surface area contributed by atoms with Gasteiger partial charge in [-0.25, -0.2) is 0 Å². The number of hydrogen-bond donors (Lipinski definition) is 1. The molecule has 0 saturated carbocycles. The molecule has 1 aliphatic heterocycles. The van der Waals surface area contributed by atoms with Crippen molar-refractivity contribution in [3.63, 3.8) is 0 Å². The van der Waals surface area contributed by atoms with Crippen LogP contribution in [0.15, 0.2) is 70.5 Å². The first-order valence-corrected chi connectivity index (χ1v) is 11.4. The van der Waals surface area contributed by atoms with Gasteiger partial charge in [-0.15, -0.1) is 11.3 Å². The normalized spacial score (nSPS) is 16.5. The van der Waals surface area contributed by atoms with Crippen LogP contribution in [0, 0.1) is 0 Å². The van der Waals surface area contributed by atoms with E-state index in [-0.39, 0.29) is 0 Å². The molecule has 1 unspecified atom stereocenters. The minimum Gasteiger partial charge on any atom is -0.489 e. The van der Waals surface area contributed by atoms with Gasteiger partial charge in [0.2, 0.25) is 0 Å². The zero-order valence-corrected chi connectivity index (χ0v) is 18.2. The summed E-state index contributed by atoms with van der Waals surface area (Å²) < 4.78 is 7.16. The summed E-state index contributed by atoms with van der Waals surface area (Å²) in [6, 6.07) is 23.6. The van der Waals surface area contributed by atoms with E-state index in [1.165, 1.54) is 26.2 Å². The lowest BCUT2D eigenvalue weighted by atomic mass is 10.0. The molecule has 1 atom stereocenters. The number of rotatable bonds is 6. The molecular weight excluding hydrogens is 432 g/mol. The zero-order valence-electron chi connectivity index (χ0n) is 15.8. The van der Waals surface area contributed by atoms with Crippen LogP contribution in [0.25, 0.3) is 0 Å². The van der Waals surface area contributed by atoms with Crippen molar-refractivity contribution in [3.05, 3.63) is 86.5 Å². The van der Waals surface area contributed by atoms with Gasteiger partial charge in [-0.3, -0.25) is 4.90 Å². The van der Waals surface area contributed by atoms with E-state index >= 15 is 0 Å². The Balaban J connectivity index is 1.52. The fourth-order valence-corrected chi connectivity index (χ4v) is 5.23. The van der Waals surface area contributed by atoms with Crippen molar-refractivity contribution in [1.82, 2.24) is 10.2 Å². The van der Waals surface area contributed by atoms with E-state index in [0.29, 0.717) is 12.6 Å². The van der Waals surface area contributed by atoms with Gasteiger partial charge in [0, 0.05) is 24.5 Å². The average Bonchev–Trinajstić information content (AvgIpc) is 2.99. The van der Waals surface area contributed by atoms with E-state index in [1.807, 2.05) is 29.5 Å². The lowest BCUT2D eigenvalue weighted by Crippen LogP contribution is -2.32. The van der Waals surface area contributed by atoms with Gasteiger partial charge in [0.1, 0.15) is 12.4 Å². The maximum Gasteiger partial charge on any atom is 0.119 e. The summed E-state index contributed by atoms with van der Waals surface area (Å²) in [7, 11) is 0. The van der Waals surface area contributed by atoms with Crippen molar-refractivity contribution in [2.75, 3.05) is 26.2 Å². The summed E-state index contributed by atoms with van der Waals surface area (Å²) in [5, 5.41) is 3.51. The Labute approximate surface area is 179 Å². The average molecular weight is 457 g/mol. The molecule has 5 heteroatoms. The second kappa shape index (κ2) is 9.70. The second-order valence-corrected chi connectivity index (χ2v) is 9.52. The van der Waals surface area contributed by atoms with Crippen LogP contribution >= 0.6 is 27.3 Å². The number of nitrogens with one attached hydrogen (secondary N) is 1. The Morgan fingerprint density at radius 2 is 1.79 bits per heavy atom. The van der Waals surface area contributed by atoms with Crippen LogP contribution in [-0.4, -0.2) is 31.1 Å². The fraction of sp³-hybridized carbons (Fsp3) is 0.304. The van der Waals surface area contributed by atoms with E-state index < -0.39 is 0 Å². The second-order valence-electron chi connectivity index (χ2n) is 7.03. The van der Waals surface area contributed by atoms with Gasteiger partial charge in [-0.05, 0) is 64.3 Å². The molecule has 2 aromatic carbocycles. The molecule has 0 amide bonds. The number of benzene rings is 2. The Hall–Kier alpha value is -1.66.